The average Bonchev–Trinajstić information content (AvgIpc) is 2.80. The summed E-state index contributed by atoms with van der Waals surface area (Å²) in [5.74, 6) is -0.536. The molecule has 2 aliphatic heterocycles. The van der Waals surface area contributed by atoms with Crippen LogP contribution in [0.1, 0.15) is 18.4 Å². The number of aryl methyl sites for hydroxylation is 1. The van der Waals surface area contributed by atoms with Crippen LogP contribution in [0.4, 0.5) is 10.5 Å². The molecule has 25 heavy (non-hydrogen) atoms. The van der Waals surface area contributed by atoms with Gasteiger partial charge in [-0.3, -0.25) is 14.5 Å². The summed E-state index contributed by atoms with van der Waals surface area (Å²) in [4.78, 5) is 40.5. The van der Waals surface area contributed by atoms with Gasteiger partial charge in [-0.15, -0.1) is 0 Å². The van der Waals surface area contributed by atoms with E-state index in [0.29, 0.717) is 6.54 Å². The predicted molar refractivity (Wildman–Crippen MR) is 94.3 cm³/mol. The normalized spacial score (nSPS) is 20.1. The number of anilines is 1. The molecule has 1 aromatic rings. The highest BCUT2D eigenvalue weighted by atomic mass is 16.2. The SMILES string of the molecule is CN1C(=O)[C@H](CC(=O)NCCN2CCCc3ccccc32)N(C)C1=O. The highest BCUT2D eigenvalue weighted by molar-refractivity contribution is 6.05. The fourth-order valence-electron chi connectivity index (χ4n) is 3.50. The summed E-state index contributed by atoms with van der Waals surface area (Å²) in [7, 11) is 2.99. The number of likely N-dealkylation sites (N-methyl/N-ethyl adjacent to an activating group) is 2. The number of imide groups is 1. The molecule has 0 bridgehead atoms. The first kappa shape index (κ1) is 17.3. The van der Waals surface area contributed by atoms with Crippen LogP contribution < -0.4 is 10.2 Å². The van der Waals surface area contributed by atoms with E-state index in [9.17, 15) is 14.4 Å². The van der Waals surface area contributed by atoms with Gasteiger partial charge in [0.2, 0.25) is 5.91 Å². The Bertz CT molecular complexity index is 691. The van der Waals surface area contributed by atoms with Crippen LogP contribution in [-0.2, 0) is 16.0 Å². The van der Waals surface area contributed by atoms with Crippen LogP contribution >= 0.6 is 0 Å². The molecule has 0 spiro atoms. The Balaban J connectivity index is 1.49. The lowest BCUT2D eigenvalue weighted by Crippen LogP contribution is -2.41. The van der Waals surface area contributed by atoms with E-state index >= 15 is 0 Å². The van der Waals surface area contributed by atoms with Crippen LogP contribution in [0.15, 0.2) is 24.3 Å². The number of carbonyl (C=O) groups is 3. The lowest BCUT2D eigenvalue weighted by molar-refractivity contribution is -0.131. The largest absolute Gasteiger partial charge is 0.370 e. The average molecular weight is 344 g/mol. The smallest absolute Gasteiger partial charge is 0.326 e. The quantitative estimate of drug-likeness (QED) is 0.804. The number of nitrogens with zero attached hydrogens (tertiary/aromatic N) is 3. The predicted octanol–water partition coefficient (Wildman–Crippen LogP) is 0.838. The molecule has 134 valence electrons. The van der Waals surface area contributed by atoms with Gasteiger partial charge >= 0.3 is 6.03 Å². The van der Waals surface area contributed by atoms with Crippen LogP contribution in [0.3, 0.4) is 0 Å². The molecule has 1 aromatic carbocycles. The summed E-state index contributed by atoms with van der Waals surface area (Å²) in [6, 6.07) is 7.28. The van der Waals surface area contributed by atoms with E-state index in [1.165, 1.54) is 23.2 Å². The maximum Gasteiger partial charge on any atom is 0.326 e. The monoisotopic (exact) mass is 344 g/mol. The number of benzene rings is 1. The number of para-hydroxylation sites is 1. The third kappa shape index (κ3) is 3.45. The van der Waals surface area contributed by atoms with Crippen LogP contribution in [0.25, 0.3) is 0 Å². The van der Waals surface area contributed by atoms with Gasteiger partial charge in [-0.2, -0.15) is 0 Å². The van der Waals surface area contributed by atoms with Crippen molar-refractivity contribution >= 4 is 23.5 Å². The molecule has 1 fully saturated rings. The molecule has 0 unspecified atom stereocenters. The van der Waals surface area contributed by atoms with Gasteiger partial charge in [-0.1, -0.05) is 18.2 Å². The van der Waals surface area contributed by atoms with Crippen LogP contribution in [0.2, 0.25) is 0 Å². The topological polar surface area (TPSA) is 73.0 Å². The van der Waals surface area contributed by atoms with Crippen molar-refractivity contribution in [2.24, 2.45) is 0 Å². The third-order valence-electron chi connectivity index (χ3n) is 4.96. The summed E-state index contributed by atoms with van der Waals surface area (Å²) in [5.41, 5.74) is 2.58. The van der Waals surface area contributed by atoms with Crippen LogP contribution in [0.5, 0.6) is 0 Å². The van der Waals surface area contributed by atoms with Gasteiger partial charge in [0.1, 0.15) is 6.04 Å². The van der Waals surface area contributed by atoms with Gasteiger partial charge in [0.05, 0.1) is 6.42 Å². The fourth-order valence-corrected chi connectivity index (χ4v) is 3.50. The molecule has 3 rings (SSSR count). The Morgan fingerprint density at radius 2 is 2.00 bits per heavy atom. The molecule has 0 radical (unpaired) electrons. The Hall–Kier alpha value is -2.57. The second-order valence-electron chi connectivity index (χ2n) is 6.58. The van der Waals surface area contributed by atoms with Crippen molar-refractivity contribution in [3.8, 4) is 0 Å². The summed E-state index contributed by atoms with van der Waals surface area (Å²) in [6.07, 6.45) is 2.21. The molecule has 1 saturated heterocycles. The van der Waals surface area contributed by atoms with Gasteiger partial charge in [-0.25, -0.2) is 4.79 Å². The van der Waals surface area contributed by atoms with Crippen LogP contribution in [0, 0.1) is 0 Å². The Kier molecular flexibility index (Phi) is 4.92. The molecule has 0 aliphatic carbocycles. The highest BCUT2D eigenvalue weighted by Crippen LogP contribution is 2.26. The third-order valence-corrected chi connectivity index (χ3v) is 4.96. The van der Waals surface area contributed by atoms with Gasteiger partial charge in [0, 0.05) is 39.4 Å². The van der Waals surface area contributed by atoms with Crippen molar-refractivity contribution in [2.75, 3.05) is 38.6 Å². The van der Waals surface area contributed by atoms with E-state index in [-0.39, 0.29) is 24.3 Å². The molecule has 4 amide bonds. The van der Waals surface area contributed by atoms with E-state index in [4.69, 9.17) is 0 Å². The number of amides is 4. The van der Waals surface area contributed by atoms with E-state index in [1.807, 2.05) is 6.07 Å². The minimum Gasteiger partial charge on any atom is -0.370 e. The van der Waals surface area contributed by atoms with Gasteiger partial charge in [-0.05, 0) is 24.5 Å². The molecule has 2 aliphatic rings. The van der Waals surface area contributed by atoms with Gasteiger partial charge in [0.25, 0.3) is 5.91 Å². The molecular formula is C18H24N4O3. The zero-order valence-corrected chi connectivity index (χ0v) is 14.7. The molecular weight excluding hydrogens is 320 g/mol. The van der Waals surface area contributed by atoms with Crippen molar-refractivity contribution in [3.63, 3.8) is 0 Å². The molecule has 0 saturated carbocycles. The maximum atomic E-state index is 12.2. The number of hydrogen-bond donors (Lipinski definition) is 1. The highest BCUT2D eigenvalue weighted by Gasteiger charge is 2.41. The summed E-state index contributed by atoms with van der Waals surface area (Å²) < 4.78 is 0. The number of hydrogen-bond acceptors (Lipinski definition) is 4. The molecule has 0 aromatic heterocycles. The minimum atomic E-state index is -0.701. The summed E-state index contributed by atoms with van der Waals surface area (Å²) in [5, 5.41) is 2.87. The lowest BCUT2D eigenvalue weighted by Gasteiger charge is -2.31. The second-order valence-corrected chi connectivity index (χ2v) is 6.58. The van der Waals surface area contributed by atoms with Crippen molar-refractivity contribution in [1.29, 1.82) is 0 Å². The first-order valence-corrected chi connectivity index (χ1v) is 8.63. The fraction of sp³-hybridized carbons (Fsp3) is 0.500. The number of nitrogens with one attached hydrogen (secondary N) is 1. The van der Waals surface area contributed by atoms with Crippen LogP contribution in [-0.4, -0.2) is 67.4 Å². The lowest BCUT2D eigenvalue weighted by atomic mass is 10.0. The number of rotatable bonds is 5. The molecule has 2 heterocycles. The molecule has 1 atom stereocenters. The first-order chi connectivity index (χ1) is 12.0. The van der Waals surface area contributed by atoms with Crippen molar-refractivity contribution < 1.29 is 14.4 Å². The number of carbonyl (C=O) groups excluding carboxylic acids is 3. The Labute approximate surface area is 147 Å². The van der Waals surface area contributed by atoms with Crippen molar-refractivity contribution in [1.82, 2.24) is 15.1 Å². The van der Waals surface area contributed by atoms with Gasteiger partial charge < -0.3 is 15.1 Å². The first-order valence-electron chi connectivity index (χ1n) is 8.63. The Morgan fingerprint density at radius 3 is 2.72 bits per heavy atom. The zero-order chi connectivity index (χ0) is 18.0. The minimum absolute atomic E-state index is 0.00198. The maximum absolute atomic E-state index is 12.2. The molecule has 7 nitrogen and oxygen atoms in total. The van der Waals surface area contributed by atoms with Crippen molar-refractivity contribution in [3.05, 3.63) is 29.8 Å². The van der Waals surface area contributed by atoms with E-state index in [1.54, 1.807) is 7.05 Å². The summed E-state index contributed by atoms with van der Waals surface area (Å²) in [6.45, 7) is 2.23. The van der Waals surface area contributed by atoms with E-state index < -0.39 is 6.04 Å². The standard InChI is InChI=1S/C18H24N4O3/c1-20-15(17(24)21(2)18(20)25)12-16(23)19-9-11-22-10-5-7-13-6-3-4-8-14(13)22/h3-4,6,8,15H,5,7,9-12H2,1-2H3,(H,19,23)/t15-/m0/s1. The van der Waals surface area contributed by atoms with E-state index in [2.05, 4.69) is 28.4 Å². The van der Waals surface area contributed by atoms with Crippen molar-refractivity contribution in [2.45, 2.75) is 25.3 Å². The molecule has 7 heteroatoms. The second kappa shape index (κ2) is 7.13. The Morgan fingerprint density at radius 1 is 1.24 bits per heavy atom. The van der Waals surface area contributed by atoms with E-state index in [0.717, 1.165) is 30.8 Å². The molecule has 1 N–H and O–H groups in total. The van der Waals surface area contributed by atoms with Gasteiger partial charge in [0.15, 0.2) is 0 Å². The number of fused-ring (bicyclic) bond motifs is 1. The number of urea groups is 1. The summed E-state index contributed by atoms with van der Waals surface area (Å²) >= 11 is 0. The zero-order valence-electron chi connectivity index (χ0n) is 14.7.